The van der Waals surface area contributed by atoms with Crippen LogP contribution in [0.1, 0.15) is 24.6 Å². The predicted octanol–water partition coefficient (Wildman–Crippen LogP) is 4.33. The standard InChI is InChI=1S/C15H15Cl2FN2/c1-2-15(19,14-6-5-12(18)9-20-14)8-10-3-4-11(16)7-13(10)17/h3-7,9H,2,8,19H2,1H3. The van der Waals surface area contributed by atoms with Gasteiger partial charge in [0, 0.05) is 10.0 Å². The second-order valence-electron chi connectivity index (χ2n) is 4.78. The zero-order valence-electron chi connectivity index (χ0n) is 11.0. The molecule has 20 heavy (non-hydrogen) atoms. The largest absolute Gasteiger partial charge is 0.320 e. The molecule has 2 nitrogen and oxygen atoms in total. The van der Waals surface area contributed by atoms with Gasteiger partial charge >= 0.3 is 0 Å². The molecule has 0 radical (unpaired) electrons. The van der Waals surface area contributed by atoms with Gasteiger partial charge in [0.15, 0.2) is 0 Å². The van der Waals surface area contributed by atoms with Crippen molar-refractivity contribution in [2.24, 2.45) is 5.73 Å². The van der Waals surface area contributed by atoms with Gasteiger partial charge in [0.05, 0.1) is 17.4 Å². The summed E-state index contributed by atoms with van der Waals surface area (Å²) < 4.78 is 13.0. The van der Waals surface area contributed by atoms with Gasteiger partial charge in [-0.2, -0.15) is 0 Å². The van der Waals surface area contributed by atoms with Crippen LogP contribution >= 0.6 is 23.2 Å². The fourth-order valence-corrected chi connectivity index (χ4v) is 2.55. The first kappa shape index (κ1) is 15.2. The van der Waals surface area contributed by atoms with Crippen LogP contribution < -0.4 is 5.73 Å². The number of nitrogens with two attached hydrogens (primary N) is 1. The Morgan fingerprint density at radius 1 is 1.25 bits per heavy atom. The molecule has 1 atom stereocenters. The van der Waals surface area contributed by atoms with E-state index >= 15 is 0 Å². The molecule has 0 aliphatic carbocycles. The van der Waals surface area contributed by atoms with Gasteiger partial charge in [-0.3, -0.25) is 4.98 Å². The number of benzene rings is 1. The molecule has 5 heteroatoms. The molecule has 0 saturated heterocycles. The molecule has 2 rings (SSSR count). The molecular formula is C15H15Cl2FN2. The number of halogens is 3. The fourth-order valence-electron chi connectivity index (χ4n) is 2.07. The van der Waals surface area contributed by atoms with Crippen LogP contribution in [0, 0.1) is 5.82 Å². The lowest BCUT2D eigenvalue weighted by molar-refractivity contribution is 0.411. The molecular weight excluding hydrogens is 298 g/mol. The average Bonchev–Trinajstić information content (AvgIpc) is 2.42. The van der Waals surface area contributed by atoms with Crippen LogP contribution in [0.4, 0.5) is 4.39 Å². The molecule has 0 fully saturated rings. The van der Waals surface area contributed by atoms with Crippen molar-refractivity contribution in [2.45, 2.75) is 25.3 Å². The van der Waals surface area contributed by atoms with Crippen LogP contribution in [0.15, 0.2) is 36.5 Å². The molecule has 1 aromatic heterocycles. The van der Waals surface area contributed by atoms with E-state index in [9.17, 15) is 4.39 Å². The Kier molecular flexibility index (Phi) is 4.63. The number of rotatable bonds is 4. The van der Waals surface area contributed by atoms with Gasteiger partial charge in [0.25, 0.3) is 0 Å². The maximum Gasteiger partial charge on any atom is 0.141 e. The van der Waals surface area contributed by atoms with E-state index in [0.29, 0.717) is 28.6 Å². The Morgan fingerprint density at radius 3 is 2.55 bits per heavy atom. The van der Waals surface area contributed by atoms with Gasteiger partial charge in [0.2, 0.25) is 0 Å². The lowest BCUT2D eigenvalue weighted by atomic mass is 9.85. The van der Waals surface area contributed by atoms with Crippen molar-refractivity contribution in [3.05, 3.63) is 63.6 Å². The molecule has 0 aliphatic rings. The molecule has 106 valence electrons. The lowest BCUT2D eigenvalue weighted by Gasteiger charge is -2.28. The number of hydrogen-bond donors (Lipinski definition) is 1. The minimum Gasteiger partial charge on any atom is -0.320 e. The first-order chi connectivity index (χ1) is 9.44. The molecule has 1 heterocycles. The zero-order chi connectivity index (χ0) is 14.8. The van der Waals surface area contributed by atoms with Crippen LogP contribution in [-0.2, 0) is 12.0 Å². The monoisotopic (exact) mass is 312 g/mol. The van der Waals surface area contributed by atoms with Crippen molar-refractivity contribution >= 4 is 23.2 Å². The van der Waals surface area contributed by atoms with Crippen LogP contribution in [0.3, 0.4) is 0 Å². The average molecular weight is 313 g/mol. The van der Waals surface area contributed by atoms with Crippen molar-refractivity contribution in [3.8, 4) is 0 Å². The van der Waals surface area contributed by atoms with E-state index in [-0.39, 0.29) is 5.82 Å². The number of pyridine rings is 1. The summed E-state index contributed by atoms with van der Waals surface area (Å²) in [7, 11) is 0. The summed E-state index contributed by atoms with van der Waals surface area (Å²) in [4.78, 5) is 4.10. The second kappa shape index (κ2) is 6.08. The molecule has 0 spiro atoms. The molecule has 1 unspecified atom stereocenters. The number of aromatic nitrogens is 1. The van der Waals surface area contributed by atoms with E-state index in [1.165, 1.54) is 12.3 Å². The summed E-state index contributed by atoms with van der Waals surface area (Å²) >= 11 is 12.1. The molecule has 2 aromatic rings. The molecule has 0 saturated carbocycles. The predicted molar refractivity (Wildman–Crippen MR) is 80.5 cm³/mol. The summed E-state index contributed by atoms with van der Waals surface area (Å²) in [6, 6.07) is 8.29. The third-order valence-electron chi connectivity index (χ3n) is 3.39. The quantitative estimate of drug-likeness (QED) is 0.912. The summed E-state index contributed by atoms with van der Waals surface area (Å²) in [6.45, 7) is 1.97. The Bertz CT molecular complexity index is 601. The minimum atomic E-state index is -0.689. The number of hydrogen-bond acceptors (Lipinski definition) is 2. The third kappa shape index (κ3) is 3.29. The Morgan fingerprint density at radius 2 is 2.00 bits per heavy atom. The van der Waals surface area contributed by atoms with Gasteiger partial charge in [-0.1, -0.05) is 36.2 Å². The SMILES string of the molecule is CCC(N)(Cc1ccc(Cl)cc1Cl)c1ccc(F)cn1. The van der Waals surface area contributed by atoms with E-state index < -0.39 is 5.54 Å². The third-order valence-corrected chi connectivity index (χ3v) is 3.98. The van der Waals surface area contributed by atoms with E-state index in [1.54, 1.807) is 18.2 Å². The summed E-state index contributed by atoms with van der Waals surface area (Å²) in [6.07, 6.45) is 2.35. The zero-order valence-corrected chi connectivity index (χ0v) is 12.5. The highest BCUT2D eigenvalue weighted by Gasteiger charge is 2.28. The number of nitrogens with zero attached hydrogens (tertiary/aromatic N) is 1. The maximum absolute atomic E-state index is 13.0. The van der Waals surface area contributed by atoms with Crippen molar-refractivity contribution in [3.63, 3.8) is 0 Å². The van der Waals surface area contributed by atoms with Crippen molar-refractivity contribution < 1.29 is 4.39 Å². The first-order valence-corrected chi connectivity index (χ1v) is 7.05. The van der Waals surface area contributed by atoms with Crippen molar-refractivity contribution in [1.82, 2.24) is 4.98 Å². The Balaban J connectivity index is 2.33. The topological polar surface area (TPSA) is 38.9 Å². The maximum atomic E-state index is 13.0. The highest BCUT2D eigenvalue weighted by Crippen LogP contribution is 2.30. The molecule has 0 bridgehead atoms. The van der Waals surface area contributed by atoms with Crippen LogP contribution in [0.25, 0.3) is 0 Å². The van der Waals surface area contributed by atoms with Crippen molar-refractivity contribution in [2.75, 3.05) is 0 Å². The smallest absolute Gasteiger partial charge is 0.141 e. The van der Waals surface area contributed by atoms with E-state index in [4.69, 9.17) is 28.9 Å². The normalized spacial score (nSPS) is 14.1. The van der Waals surface area contributed by atoms with E-state index in [0.717, 1.165) is 5.56 Å². The molecule has 1 aromatic carbocycles. The van der Waals surface area contributed by atoms with Gasteiger partial charge in [-0.15, -0.1) is 0 Å². The summed E-state index contributed by atoms with van der Waals surface area (Å²) in [5.74, 6) is -0.378. The minimum absolute atomic E-state index is 0.378. The van der Waals surface area contributed by atoms with Gasteiger partial charge in [-0.25, -0.2) is 4.39 Å². The highest BCUT2D eigenvalue weighted by atomic mass is 35.5. The first-order valence-electron chi connectivity index (χ1n) is 6.29. The van der Waals surface area contributed by atoms with Crippen LogP contribution in [-0.4, -0.2) is 4.98 Å². The van der Waals surface area contributed by atoms with Crippen molar-refractivity contribution in [1.29, 1.82) is 0 Å². The summed E-state index contributed by atoms with van der Waals surface area (Å²) in [5.41, 5.74) is 7.28. The molecule has 0 aliphatic heterocycles. The highest BCUT2D eigenvalue weighted by molar-refractivity contribution is 6.35. The summed E-state index contributed by atoms with van der Waals surface area (Å²) in [5, 5.41) is 1.15. The van der Waals surface area contributed by atoms with E-state index in [2.05, 4.69) is 4.98 Å². The lowest BCUT2D eigenvalue weighted by Crippen LogP contribution is -2.39. The van der Waals surface area contributed by atoms with Gasteiger partial charge in [-0.05, 0) is 42.7 Å². The Labute approximate surface area is 127 Å². The van der Waals surface area contributed by atoms with Crippen LogP contribution in [0.2, 0.25) is 10.0 Å². The second-order valence-corrected chi connectivity index (χ2v) is 5.63. The molecule has 2 N–H and O–H groups in total. The fraction of sp³-hybridized carbons (Fsp3) is 0.267. The Hall–Kier alpha value is -1.16. The van der Waals surface area contributed by atoms with E-state index in [1.807, 2.05) is 13.0 Å². The van der Waals surface area contributed by atoms with Gasteiger partial charge < -0.3 is 5.73 Å². The van der Waals surface area contributed by atoms with Gasteiger partial charge in [0.1, 0.15) is 5.82 Å². The van der Waals surface area contributed by atoms with Crippen LogP contribution in [0.5, 0.6) is 0 Å². The molecule has 0 amide bonds.